The number of nitriles is 1. The fourth-order valence-corrected chi connectivity index (χ4v) is 3.32. The molecule has 18 heavy (non-hydrogen) atoms. The molecule has 4 heteroatoms. The first-order chi connectivity index (χ1) is 8.72. The van der Waals surface area contributed by atoms with Crippen molar-refractivity contribution in [2.24, 2.45) is 0 Å². The molecule has 0 spiro atoms. The molecule has 1 fully saturated rings. The van der Waals surface area contributed by atoms with Gasteiger partial charge in [-0.25, -0.2) is 0 Å². The van der Waals surface area contributed by atoms with Crippen molar-refractivity contribution >= 4 is 23.1 Å². The monoisotopic (exact) mass is 261 g/mol. The molecule has 1 aromatic carbocycles. The number of hydrogen-bond donors (Lipinski definition) is 2. The van der Waals surface area contributed by atoms with Crippen molar-refractivity contribution < 1.29 is 0 Å². The molecule has 2 unspecified atom stereocenters. The molecule has 3 N–H and O–H groups in total. The quantitative estimate of drug-likeness (QED) is 0.820. The summed E-state index contributed by atoms with van der Waals surface area (Å²) >= 11 is 1.95. The molecule has 2 atom stereocenters. The van der Waals surface area contributed by atoms with Crippen LogP contribution in [-0.4, -0.2) is 17.5 Å². The first-order valence-electron chi connectivity index (χ1n) is 6.32. The minimum absolute atomic E-state index is 0.479. The molecule has 2 rings (SSSR count). The van der Waals surface area contributed by atoms with Crippen molar-refractivity contribution in [3.63, 3.8) is 0 Å². The average Bonchev–Trinajstić information content (AvgIpc) is 2.41. The van der Waals surface area contributed by atoms with Gasteiger partial charge in [0.05, 0.1) is 11.3 Å². The summed E-state index contributed by atoms with van der Waals surface area (Å²) in [5, 5.41) is 13.4. The third-order valence-electron chi connectivity index (χ3n) is 3.48. The molecule has 0 heterocycles. The normalized spacial score (nSPS) is 23.3. The van der Waals surface area contributed by atoms with E-state index in [1.165, 1.54) is 25.7 Å². The van der Waals surface area contributed by atoms with Crippen molar-refractivity contribution in [2.75, 3.05) is 17.3 Å². The summed E-state index contributed by atoms with van der Waals surface area (Å²) in [5.74, 6) is 0. The van der Waals surface area contributed by atoms with E-state index >= 15 is 0 Å². The number of anilines is 2. The van der Waals surface area contributed by atoms with Gasteiger partial charge in [0.15, 0.2) is 0 Å². The zero-order valence-corrected chi connectivity index (χ0v) is 11.5. The van der Waals surface area contributed by atoms with Gasteiger partial charge in [-0.1, -0.05) is 6.42 Å². The molecular formula is C14H19N3S. The van der Waals surface area contributed by atoms with Gasteiger partial charge in [-0.15, -0.1) is 0 Å². The predicted molar refractivity (Wildman–Crippen MR) is 78.8 cm³/mol. The Balaban J connectivity index is 2.07. The Morgan fingerprint density at radius 2 is 2.28 bits per heavy atom. The van der Waals surface area contributed by atoms with E-state index < -0.39 is 0 Å². The van der Waals surface area contributed by atoms with Crippen LogP contribution >= 0.6 is 11.8 Å². The van der Waals surface area contributed by atoms with Crippen LogP contribution < -0.4 is 11.1 Å². The van der Waals surface area contributed by atoms with Gasteiger partial charge in [-0.2, -0.15) is 17.0 Å². The Bertz CT molecular complexity index is 453. The highest BCUT2D eigenvalue weighted by molar-refractivity contribution is 7.99. The highest BCUT2D eigenvalue weighted by Gasteiger charge is 2.21. The summed E-state index contributed by atoms with van der Waals surface area (Å²) in [6.07, 6.45) is 7.12. The standard InChI is InChI=1S/C14H19N3S/c1-18-13-4-2-3-12(8-13)17-14-6-5-11(16)7-10(14)9-15/h5-7,12-13,17H,2-4,8,16H2,1H3. The van der Waals surface area contributed by atoms with Gasteiger partial charge in [0.25, 0.3) is 0 Å². The molecule has 0 radical (unpaired) electrons. The van der Waals surface area contributed by atoms with Gasteiger partial charge >= 0.3 is 0 Å². The molecule has 0 amide bonds. The molecule has 1 aliphatic rings. The van der Waals surface area contributed by atoms with Crippen molar-refractivity contribution in [2.45, 2.75) is 37.0 Å². The van der Waals surface area contributed by atoms with Crippen LogP contribution in [-0.2, 0) is 0 Å². The van der Waals surface area contributed by atoms with Crippen LogP contribution in [0.5, 0.6) is 0 Å². The molecule has 0 bridgehead atoms. The van der Waals surface area contributed by atoms with E-state index in [1.807, 2.05) is 23.9 Å². The second-order valence-corrected chi connectivity index (χ2v) is 5.92. The number of hydrogen-bond acceptors (Lipinski definition) is 4. The lowest BCUT2D eigenvalue weighted by Gasteiger charge is -2.29. The molecule has 0 aliphatic heterocycles. The Kier molecular flexibility index (Phi) is 4.38. The number of benzene rings is 1. The van der Waals surface area contributed by atoms with Crippen molar-refractivity contribution in [3.05, 3.63) is 23.8 Å². The second-order valence-electron chi connectivity index (χ2n) is 4.78. The minimum atomic E-state index is 0.479. The molecular weight excluding hydrogens is 242 g/mol. The van der Waals surface area contributed by atoms with Crippen LogP contribution in [0.3, 0.4) is 0 Å². The number of nitrogen functional groups attached to an aromatic ring is 1. The molecule has 1 aromatic rings. The summed E-state index contributed by atoms with van der Waals surface area (Å²) in [6, 6.07) is 8.17. The van der Waals surface area contributed by atoms with E-state index in [0.29, 0.717) is 17.3 Å². The number of rotatable bonds is 3. The summed E-state index contributed by atoms with van der Waals surface area (Å²) in [6.45, 7) is 0. The fraction of sp³-hybridized carbons (Fsp3) is 0.500. The highest BCUT2D eigenvalue weighted by Crippen LogP contribution is 2.29. The van der Waals surface area contributed by atoms with Crippen LogP contribution in [0.15, 0.2) is 18.2 Å². The van der Waals surface area contributed by atoms with E-state index in [2.05, 4.69) is 17.6 Å². The summed E-state index contributed by atoms with van der Waals surface area (Å²) in [4.78, 5) is 0. The lowest BCUT2D eigenvalue weighted by Crippen LogP contribution is -2.28. The second kappa shape index (κ2) is 6.01. The third kappa shape index (κ3) is 3.11. The zero-order chi connectivity index (χ0) is 13.0. The van der Waals surface area contributed by atoms with Gasteiger partial charge in [-0.3, -0.25) is 0 Å². The van der Waals surface area contributed by atoms with Crippen LogP contribution in [0, 0.1) is 11.3 Å². The summed E-state index contributed by atoms with van der Waals surface area (Å²) in [5.41, 5.74) is 7.89. The van der Waals surface area contributed by atoms with E-state index in [4.69, 9.17) is 11.0 Å². The zero-order valence-electron chi connectivity index (χ0n) is 10.6. The molecule has 0 aromatic heterocycles. The summed E-state index contributed by atoms with van der Waals surface area (Å²) in [7, 11) is 0. The maximum absolute atomic E-state index is 9.12. The van der Waals surface area contributed by atoms with Crippen molar-refractivity contribution in [3.8, 4) is 6.07 Å². The lowest BCUT2D eigenvalue weighted by molar-refractivity contribution is 0.473. The van der Waals surface area contributed by atoms with Gasteiger partial charge in [0.2, 0.25) is 0 Å². The maximum Gasteiger partial charge on any atom is 0.101 e. The third-order valence-corrected chi connectivity index (χ3v) is 4.58. The van der Waals surface area contributed by atoms with Crippen molar-refractivity contribution in [1.29, 1.82) is 5.26 Å². The first kappa shape index (κ1) is 13.1. The first-order valence-corrected chi connectivity index (χ1v) is 7.60. The van der Waals surface area contributed by atoms with Gasteiger partial charge in [0, 0.05) is 17.0 Å². The number of nitrogens with zero attached hydrogens (tertiary/aromatic N) is 1. The largest absolute Gasteiger partial charge is 0.399 e. The Labute approximate surface area is 113 Å². The number of nitrogens with one attached hydrogen (secondary N) is 1. The van der Waals surface area contributed by atoms with Crippen LogP contribution in [0.2, 0.25) is 0 Å². The predicted octanol–water partition coefficient (Wildman–Crippen LogP) is 3.23. The SMILES string of the molecule is CSC1CCCC(Nc2ccc(N)cc2C#N)C1. The highest BCUT2D eigenvalue weighted by atomic mass is 32.2. The fourth-order valence-electron chi connectivity index (χ4n) is 2.49. The van der Waals surface area contributed by atoms with Gasteiger partial charge < -0.3 is 11.1 Å². The number of nitrogens with two attached hydrogens (primary N) is 1. The molecule has 3 nitrogen and oxygen atoms in total. The van der Waals surface area contributed by atoms with E-state index in [9.17, 15) is 0 Å². The maximum atomic E-state index is 9.12. The van der Waals surface area contributed by atoms with Crippen LogP contribution in [0.1, 0.15) is 31.2 Å². The molecule has 96 valence electrons. The van der Waals surface area contributed by atoms with E-state index in [0.717, 1.165) is 10.9 Å². The van der Waals surface area contributed by atoms with E-state index in [-0.39, 0.29) is 0 Å². The van der Waals surface area contributed by atoms with Crippen LogP contribution in [0.25, 0.3) is 0 Å². The molecule has 1 aliphatic carbocycles. The lowest BCUT2D eigenvalue weighted by atomic mass is 9.94. The Hall–Kier alpha value is -1.34. The Morgan fingerprint density at radius 1 is 1.44 bits per heavy atom. The molecule has 1 saturated carbocycles. The van der Waals surface area contributed by atoms with E-state index in [1.54, 1.807) is 6.07 Å². The minimum Gasteiger partial charge on any atom is -0.399 e. The van der Waals surface area contributed by atoms with Crippen molar-refractivity contribution in [1.82, 2.24) is 0 Å². The smallest absolute Gasteiger partial charge is 0.101 e. The topological polar surface area (TPSA) is 61.8 Å². The number of thioether (sulfide) groups is 1. The van der Waals surface area contributed by atoms with Gasteiger partial charge in [0.1, 0.15) is 6.07 Å². The van der Waals surface area contributed by atoms with Crippen LogP contribution in [0.4, 0.5) is 11.4 Å². The Morgan fingerprint density at radius 3 is 3.00 bits per heavy atom. The average molecular weight is 261 g/mol. The van der Waals surface area contributed by atoms with Gasteiger partial charge in [-0.05, 0) is 43.7 Å². The summed E-state index contributed by atoms with van der Waals surface area (Å²) < 4.78 is 0. The molecule has 0 saturated heterocycles.